The van der Waals surface area contributed by atoms with Crippen molar-refractivity contribution >= 4 is 5.91 Å². The number of piperidine rings is 1. The highest BCUT2D eigenvalue weighted by molar-refractivity contribution is 5.77. The fraction of sp³-hybridized carbons (Fsp3) is 0.476. The van der Waals surface area contributed by atoms with Gasteiger partial charge in [0.2, 0.25) is 0 Å². The van der Waals surface area contributed by atoms with Crippen molar-refractivity contribution in [3.8, 4) is 5.75 Å². The summed E-state index contributed by atoms with van der Waals surface area (Å²) >= 11 is 0. The van der Waals surface area contributed by atoms with E-state index < -0.39 is 0 Å². The number of rotatable bonds is 4. The first-order valence-electron chi connectivity index (χ1n) is 9.78. The summed E-state index contributed by atoms with van der Waals surface area (Å²) in [6, 6.07) is 5.70. The Hall–Kier alpha value is -2.54. The summed E-state index contributed by atoms with van der Waals surface area (Å²) in [5.74, 6) is 1.34. The Kier molecular flexibility index (Phi) is 5.52. The highest BCUT2D eigenvalue weighted by atomic mass is 19.1. The second-order valence-electron chi connectivity index (χ2n) is 7.59. The number of carbonyl (C=O) groups excluding carboxylic acids is 1. The van der Waals surface area contributed by atoms with Gasteiger partial charge in [-0.1, -0.05) is 0 Å². The van der Waals surface area contributed by atoms with Crippen molar-refractivity contribution in [2.24, 2.45) is 0 Å². The summed E-state index contributed by atoms with van der Waals surface area (Å²) in [5, 5.41) is 0. The van der Waals surface area contributed by atoms with Crippen LogP contribution in [-0.4, -0.2) is 59.0 Å². The van der Waals surface area contributed by atoms with Gasteiger partial charge in [-0.25, -0.2) is 14.4 Å². The molecular formula is C21H25FN4O2. The summed E-state index contributed by atoms with van der Waals surface area (Å²) in [4.78, 5) is 25.9. The van der Waals surface area contributed by atoms with Gasteiger partial charge in [0, 0.05) is 56.0 Å². The maximum absolute atomic E-state index is 12.9. The van der Waals surface area contributed by atoms with Crippen LogP contribution in [0.4, 0.5) is 4.39 Å². The molecule has 1 saturated heterocycles. The van der Waals surface area contributed by atoms with Crippen LogP contribution >= 0.6 is 0 Å². The van der Waals surface area contributed by atoms with Crippen LogP contribution in [-0.2, 0) is 17.8 Å². The smallest absolute Gasteiger partial charge is 0.260 e. The zero-order valence-electron chi connectivity index (χ0n) is 16.1. The van der Waals surface area contributed by atoms with Gasteiger partial charge in [-0.2, -0.15) is 0 Å². The molecule has 1 fully saturated rings. The molecule has 0 radical (unpaired) electrons. The van der Waals surface area contributed by atoms with E-state index in [-0.39, 0.29) is 18.3 Å². The van der Waals surface area contributed by atoms with Gasteiger partial charge >= 0.3 is 0 Å². The number of amides is 1. The fourth-order valence-corrected chi connectivity index (χ4v) is 3.82. The third-order valence-corrected chi connectivity index (χ3v) is 5.53. The number of hydrogen-bond acceptors (Lipinski definition) is 5. The number of halogens is 1. The number of aromatic nitrogens is 2. The van der Waals surface area contributed by atoms with Crippen molar-refractivity contribution in [2.75, 3.05) is 33.3 Å². The molecule has 4 rings (SSSR count). The van der Waals surface area contributed by atoms with Gasteiger partial charge in [0.25, 0.3) is 5.91 Å². The minimum Gasteiger partial charge on any atom is -0.484 e. The van der Waals surface area contributed by atoms with Crippen LogP contribution in [0.5, 0.6) is 5.75 Å². The number of carbonyl (C=O) groups is 1. The number of likely N-dealkylation sites (tertiary alicyclic amines) is 1. The molecule has 2 aliphatic rings. The van der Waals surface area contributed by atoms with Crippen LogP contribution in [0.2, 0.25) is 0 Å². The highest BCUT2D eigenvalue weighted by Crippen LogP contribution is 2.27. The zero-order valence-corrected chi connectivity index (χ0v) is 16.1. The first-order chi connectivity index (χ1) is 13.6. The quantitative estimate of drug-likeness (QED) is 0.810. The van der Waals surface area contributed by atoms with E-state index in [2.05, 4.69) is 16.9 Å². The number of fused-ring (bicyclic) bond motifs is 1. The van der Waals surface area contributed by atoms with Crippen molar-refractivity contribution in [1.82, 2.24) is 19.8 Å². The van der Waals surface area contributed by atoms with Gasteiger partial charge in [0.15, 0.2) is 6.61 Å². The molecule has 7 heteroatoms. The van der Waals surface area contributed by atoms with E-state index in [9.17, 15) is 9.18 Å². The van der Waals surface area contributed by atoms with Gasteiger partial charge < -0.3 is 14.5 Å². The van der Waals surface area contributed by atoms with Crippen molar-refractivity contribution in [3.63, 3.8) is 0 Å². The number of likely N-dealkylation sites (N-methyl/N-ethyl adjacent to an activating group) is 1. The molecule has 0 N–H and O–H groups in total. The molecule has 0 spiro atoms. The summed E-state index contributed by atoms with van der Waals surface area (Å²) in [5.41, 5.74) is 2.40. The summed E-state index contributed by atoms with van der Waals surface area (Å²) in [7, 11) is 2.11. The van der Waals surface area contributed by atoms with Crippen LogP contribution in [0, 0.1) is 5.82 Å². The van der Waals surface area contributed by atoms with E-state index in [0.29, 0.717) is 24.8 Å². The first kappa shape index (κ1) is 18.8. The Balaban J connectivity index is 1.29. The molecule has 1 aromatic carbocycles. The zero-order chi connectivity index (χ0) is 19.5. The Labute approximate surface area is 164 Å². The van der Waals surface area contributed by atoms with E-state index in [1.807, 2.05) is 11.1 Å². The van der Waals surface area contributed by atoms with Crippen molar-refractivity contribution in [3.05, 3.63) is 53.4 Å². The molecular weight excluding hydrogens is 359 g/mol. The number of benzene rings is 1. The van der Waals surface area contributed by atoms with E-state index >= 15 is 0 Å². The molecule has 1 aromatic heterocycles. The van der Waals surface area contributed by atoms with Crippen LogP contribution in [0.3, 0.4) is 0 Å². The molecule has 3 heterocycles. The summed E-state index contributed by atoms with van der Waals surface area (Å²) < 4.78 is 18.4. The normalized spacial score (nSPS) is 18.0. The van der Waals surface area contributed by atoms with Crippen LogP contribution in [0.1, 0.15) is 35.8 Å². The minimum absolute atomic E-state index is 0.0286. The maximum Gasteiger partial charge on any atom is 0.260 e. The Morgan fingerprint density at radius 3 is 2.71 bits per heavy atom. The lowest BCUT2D eigenvalue weighted by molar-refractivity contribution is -0.134. The lowest BCUT2D eigenvalue weighted by Crippen LogP contribution is -2.40. The maximum atomic E-state index is 12.9. The monoisotopic (exact) mass is 384 g/mol. The Morgan fingerprint density at radius 2 is 1.96 bits per heavy atom. The summed E-state index contributed by atoms with van der Waals surface area (Å²) in [6.45, 7) is 3.28. The third kappa shape index (κ3) is 4.30. The lowest BCUT2D eigenvalue weighted by Gasteiger charge is -2.32. The van der Waals surface area contributed by atoms with Crippen molar-refractivity contribution < 1.29 is 13.9 Å². The summed E-state index contributed by atoms with van der Waals surface area (Å²) in [6.07, 6.45) is 4.67. The van der Waals surface area contributed by atoms with Crippen molar-refractivity contribution in [2.45, 2.75) is 31.7 Å². The molecule has 0 aliphatic carbocycles. The number of nitrogens with zero attached hydrogens (tertiary/aromatic N) is 4. The average molecular weight is 384 g/mol. The SMILES string of the molecule is CN1CCc2nc(C3CCN(C(=O)COc4ccc(F)cc4)CC3)ncc2C1. The largest absolute Gasteiger partial charge is 0.484 e. The van der Waals surface area contributed by atoms with Gasteiger partial charge in [-0.05, 0) is 44.2 Å². The molecule has 0 saturated carbocycles. The third-order valence-electron chi connectivity index (χ3n) is 5.53. The second-order valence-corrected chi connectivity index (χ2v) is 7.59. The minimum atomic E-state index is -0.322. The van der Waals surface area contributed by atoms with Crippen LogP contribution in [0.15, 0.2) is 30.5 Å². The predicted molar refractivity (Wildman–Crippen MR) is 103 cm³/mol. The van der Waals surface area contributed by atoms with Gasteiger partial charge in [-0.3, -0.25) is 4.79 Å². The fourth-order valence-electron chi connectivity index (χ4n) is 3.82. The van der Waals surface area contributed by atoms with Crippen LogP contribution in [0.25, 0.3) is 0 Å². The molecule has 6 nitrogen and oxygen atoms in total. The second kappa shape index (κ2) is 8.22. The average Bonchev–Trinajstić information content (AvgIpc) is 2.73. The number of hydrogen-bond donors (Lipinski definition) is 0. The molecule has 2 aliphatic heterocycles. The molecule has 0 bridgehead atoms. The molecule has 1 amide bonds. The van der Waals surface area contributed by atoms with Gasteiger partial charge in [0.05, 0.1) is 0 Å². The van der Waals surface area contributed by atoms with Gasteiger partial charge in [0.1, 0.15) is 17.4 Å². The lowest BCUT2D eigenvalue weighted by atomic mass is 9.95. The van der Waals surface area contributed by atoms with E-state index in [0.717, 1.165) is 38.2 Å². The molecule has 2 aromatic rings. The Bertz CT molecular complexity index is 835. The topological polar surface area (TPSA) is 58.6 Å². The van der Waals surface area contributed by atoms with Crippen molar-refractivity contribution in [1.29, 1.82) is 0 Å². The van der Waals surface area contributed by atoms with E-state index in [1.54, 1.807) is 0 Å². The van der Waals surface area contributed by atoms with E-state index in [1.165, 1.54) is 35.5 Å². The van der Waals surface area contributed by atoms with Crippen LogP contribution < -0.4 is 4.74 Å². The standard InChI is InChI=1S/C21H25FN4O2/c1-25-9-8-19-16(13-25)12-23-21(24-19)15-6-10-26(11-7-15)20(27)14-28-18-4-2-17(22)3-5-18/h2-5,12,15H,6-11,13-14H2,1H3. The first-order valence-corrected chi connectivity index (χ1v) is 9.78. The highest BCUT2D eigenvalue weighted by Gasteiger charge is 2.27. The predicted octanol–water partition coefficient (Wildman–Crippen LogP) is 2.39. The van der Waals surface area contributed by atoms with Gasteiger partial charge in [-0.15, -0.1) is 0 Å². The van der Waals surface area contributed by atoms with E-state index in [4.69, 9.17) is 9.72 Å². The Morgan fingerprint density at radius 1 is 1.21 bits per heavy atom. The number of ether oxygens (including phenoxy) is 1. The molecule has 28 heavy (non-hydrogen) atoms. The molecule has 0 unspecified atom stereocenters. The molecule has 0 atom stereocenters. The molecule has 148 valence electrons.